The summed E-state index contributed by atoms with van der Waals surface area (Å²) in [5.74, 6) is -3.58. The molecule has 0 aromatic heterocycles. The van der Waals surface area contributed by atoms with Crippen LogP contribution in [0.1, 0.15) is 31.4 Å². The third-order valence-electron chi connectivity index (χ3n) is 5.96. The number of methoxy groups -OCH3 is 1. The molecule has 0 radical (unpaired) electrons. The fraction of sp³-hybridized carbons (Fsp3) is 0.440. The molecular formula is C25H28F3NO7S. The van der Waals surface area contributed by atoms with E-state index in [2.05, 4.69) is 0 Å². The number of Topliss-reactive ketones (excluding diaryl/α,β-unsaturated/α-hetero) is 1. The first-order valence-electron chi connectivity index (χ1n) is 11.3. The second-order valence-electron chi connectivity index (χ2n) is 8.99. The Labute approximate surface area is 213 Å². The Kier molecular flexibility index (Phi) is 8.18. The van der Waals surface area contributed by atoms with Crippen LogP contribution in [0.25, 0.3) is 0 Å². The summed E-state index contributed by atoms with van der Waals surface area (Å²) in [7, 11) is -4.14. The Hall–Kier alpha value is -2.80. The highest BCUT2D eigenvalue weighted by atomic mass is 32.2. The minimum atomic E-state index is -5.34. The van der Waals surface area contributed by atoms with Crippen LogP contribution in [0.5, 0.6) is 0 Å². The Morgan fingerprint density at radius 3 is 2.24 bits per heavy atom. The molecule has 1 heterocycles. The molecule has 0 N–H and O–H groups in total. The van der Waals surface area contributed by atoms with E-state index >= 15 is 0 Å². The highest BCUT2D eigenvalue weighted by Gasteiger charge is 2.65. The van der Waals surface area contributed by atoms with Gasteiger partial charge < -0.3 is 14.2 Å². The SMILES string of the molecule is CO[C@@](C(=O)N(CC[C@@H]1OC(C)(C)OCC1=O)S(=O)(=O)c1ccc(C)cc1)(c1ccccc1)C(F)(F)F. The normalized spacial score (nSPS) is 19.8. The van der Waals surface area contributed by atoms with Gasteiger partial charge in [0.05, 0.1) is 4.90 Å². The Balaban J connectivity index is 2.12. The zero-order valence-electron chi connectivity index (χ0n) is 20.7. The van der Waals surface area contributed by atoms with Crippen LogP contribution < -0.4 is 0 Å². The molecule has 0 bridgehead atoms. The first-order valence-corrected chi connectivity index (χ1v) is 12.8. The highest BCUT2D eigenvalue weighted by molar-refractivity contribution is 7.89. The minimum absolute atomic E-state index is 0.112. The van der Waals surface area contributed by atoms with Crippen LogP contribution in [0.3, 0.4) is 0 Å². The molecular weight excluding hydrogens is 515 g/mol. The average molecular weight is 544 g/mol. The van der Waals surface area contributed by atoms with E-state index in [1.165, 1.54) is 56.3 Å². The number of halogens is 3. The van der Waals surface area contributed by atoms with Gasteiger partial charge in [0, 0.05) is 19.2 Å². The van der Waals surface area contributed by atoms with E-state index in [0.717, 1.165) is 12.1 Å². The molecule has 12 heteroatoms. The van der Waals surface area contributed by atoms with E-state index in [0.29, 0.717) is 12.7 Å². The van der Waals surface area contributed by atoms with E-state index in [1.54, 1.807) is 6.92 Å². The second-order valence-corrected chi connectivity index (χ2v) is 10.9. The molecule has 3 rings (SSSR count). The molecule has 0 unspecified atom stereocenters. The van der Waals surface area contributed by atoms with Crippen LogP contribution in [0.2, 0.25) is 0 Å². The molecule has 202 valence electrons. The summed E-state index contributed by atoms with van der Waals surface area (Å²) in [6, 6.07) is 11.3. The number of nitrogens with zero attached hydrogens (tertiary/aromatic N) is 1. The van der Waals surface area contributed by atoms with Gasteiger partial charge in [0.25, 0.3) is 21.5 Å². The lowest BCUT2D eigenvalue weighted by Gasteiger charge is -2.38. The van der Waals surface area contributed by atoms with Crippen molar-refractivity contribution in [2.24, 2.45) is 0 Å². The number of hydrogen-bond donors (Lipinski definition) is 0. The molecule has 1 fully saturated rings. The molecule has 0 aliphatic carbocycles. The van der Waals surface area contributed by atoms with Gasteiger partial charge in [-0.05, 0) is 39.3 Å². The number of benzene rings is 2. The van der Waals surface area contributed by atoms with Crippen molar-refractivity contribution >= 4 is 21.7 Å². The number of sulfonamides is 1. The molecule has 2 aromatic rings. The monoisotopic (exact) mass is 543 g/mol. The first kappa shape index (κ1) is 28.8. The van der Waals surface area contributed by atoms with Gasteiger partial charge in [-0.1, -0.05) is 48.0 Å². The van der Waals surface area contributed by atoms with Crippen LogP contribution in [0.15, 0.2) is 59.5 Å². The number of hydrogen-bond acceptors (Lipinski definition) is 7. The molecule has 0 spiro atoms. The minimum Gasteiger partial charge on any atom is -0.356 e. The van der Waals surface area contributed by atoms with E-state index in [-0.39, 0.29) is 10.9 Å². The average Bonchev–Trinajstić information content (AvgIpc) is 2.82. The van der Waals surface area contributed by atoms with Crippen molar-refractivity contribution in [3.63, 3.8) is 0 Å². The molecule has 1 amide bonds. The van der Waals surface area contributed by atoms with Crippen molar-refractivity contribution < 1.29 is 45.4 Å². The van der Waals surface area contributed by atoms with Crippen molar-refractivity contribution in [1.29, 1.82) is 0 Å². The maximum Gasteiger partial charge on any atom is 0.431 e. The number of rotatable bonds is 8. The topological polar surface area (TPSA) is 99.2 Å². The first-order chi connectivity index (χ1) is 17.2. The van der Waals surface area contributed by atoms with Crippen molar-refractivity contribution in [1.82, 2.24) is 4.31 Å². The third-order valence-corrected chi connectivity index (χ3v) is 7.76. The van der Waals surface area contributed by atoms with Crippen molar-refractivity contribution in [2.75, 3.05) is 20.3 Å². The molecule has 37 heavy (non-hydrogen) atoms. The zero-order valence-corrected chi connectivity index (χ0v) is 21.6. The second kappa shape index (κ2) is 10.5. The summed E-state index contributed by atoms with van der Waals surface area (Å²) >= 11 is 0. The lowest BCUT2D eigenvalue weighted by atomic mass is 9.91. The van der Waals surface area contributed by atoms with Crippen LogP contribution in [0.4, 0.5) is 13.2 Å². The highest BCUT2D eigenvalue weighted by Crippen LogP contribution is 2.44. The van der Waals surface area contributed by atoms with Gasteiger partial charge in [-0.15, -0.1) is 0 Å². The van der Waals surface area contributed by atoms with Crippen LogP contribution in [0, 0.1) is 6.92 Å². The van der Waals surface area contributed by atoms with Crippen molar-refractivity contribution in [3.05, 3.63) is 65.7 Å². The summed E-state index contributed by atoms with van der Waals surface area (Å²) in [5.41, 5.74) is -3.53. The molecule has 8 nitrogen and oxygen atoms in total. The Bertz CT molecular complexity index is 1230. The summed E-state index contributed by atoms with van der Waals surface area (Å²) in [6.45, 7) is 3.66. The fourth-order valence-corrected chi connectivity index (χ4v) is 5.41. The van der Waals surface area contributed by atoms with Crippen molar-refractivity contribution in [3.8, 4) is 0 Å². The van der Waals surface area contributed by atoms with Gasteiger partial charge in [0.2, 0.25) is 0 Å². The van der Waals surface area contributed by atoms with Gasteiger partial charge in [0.15, 0.2) is 11.6 Å². The quantitative estimate of drug-likeness (QED) is 0.500. The van der Waals surface area contributed by atoms with Gasteiger partial charge in [-0.25, -0.2) is 12.7 Å². The predicted molar refractivity (Wildman–Crippen MR) is 126 cm³/mol. The smallest absolute Gasteiger partial charge is 0.356 e. The van der Waals surface area contributed by atoms with Gasteiger partial charge in [-0.3, -0.25) is 9.59 Å². The maximum absolute atomic E-state index is 14.6. The van der Waals surface area contributed by atoms with Gasteiger partial charge >= 0.3 is 6.18 Å². The maximum atomic E-state index is 14.6. The van der Waals surface area contributed by atoms with E-state index in [4.69, 9.17) is 14.2 Å². The molecule has 2 atom stereocenters. The number of ether oxygens (including phenoxy) is 3. The van der Waals surface area contributed by atoms with E-state index in [1.807, 2.05) is 0 Å². The molecule has 2 aromatic carbocycles. The molecule has 1 saturated heterocycles. The lowest BCUT2D eigenvalue weighted by molar-refractivity contribution is -0.269. The van der Waals surface area contributed by atoms with E-state index < -0.39 is 68.8 Å². The van der Waals surface area contributed by atoms with Crippen LogP contribution in [-0.4, -0.2) is 62.7 Å². The summed E-state index contributed by atoms with van der Waals surface area (Å²) < 4.78 is 86.8. The van der Waals surface area contributed by atoms with Crippen LogP contribution >= 0.6 is 0 Å². The number of alkyl halides is 3. The molecule has 0 saturated carbocycles. The van der Waals surface area contributed by atoms with Gasteiger partial charge in [-0.2, -0.15) is 13.2 Å². The summed E-state index contributed by atoms with van der Waals surface area (Å²) in [6.07, 6.45) is -6.94. The van der Waals surface area contributed by atoms with Gasteiger partial charge in [0.1, 0.15) is 12.7 Å². The number of aryl methyl sites for hydroxylation is 1. The number of carbonyl (C=O) groups excluding carboxylic acids is 2. The third kappa shape index (κ3) is 5.71. The predicted octanol–water partition coefficient (Wildman–Crippen LogP) is 3.73. The van der Waals surface area contributed by atoms with E-state index in [9.17, 15) is 31.2 Å². The number of ketones is 1. The molecule has 1 aliphatic rings. The zero-order chi connectivity index (χ0) is 27.6. The number of amides is 1. The summed E-state index contributed by atoms with van der Waals surface area (Å²) in [5, 5.41) is 0. The standard InChI is InChI=1S/C25H28F3NO7S/c1-17-10-12-19(13-11-17)37(32,33)29(15-14-21-20(30)16-35-23(2,3)36-21)22(31)24(34-4,25(26,27)28)18-8-6-5-7-9-18/h5-13,21H,14-16H2,1-4H3/t21-,24+/m0/s1. The lowest BCUT2D eigenvalue weighted by Crippen LogP contribution is -2.58. The summed E-state index contributed by atoms with van der Waals surface area (Å²) in [4.78, 5) is 25.7. The number of carbonyl (C=O) groups is 2. The Morgan fingerprint density at radius 1 is 1.11 bits per heavy atom. The van der Waals surface area contributed by atoms with Crippen LogP contribution in [-0.2, 0) is 39.4 Å². The molecule has 1 aliphatic heterocycles. The fourth-order valence-electron chi connectivity index (χ4n) is 3.98. The Morgan fingerprint density at radius 2 is 1.70 bits per heavy atom. The largest absolute Gasteiger partial charge is 0.431 e. The van der Waals surface area contributed by atoms with Crippen molar-refractivity contribution in [2.45, 2.75) is 55.8 Å².